The molecule has 4 N–H and O–H groups in total. The maximum Gasteiger partial charge on any atom is 0.242 e. The van der Waals surface area contributed by atoms with Crippen LogP contribution in [0, 0.1) is 0 Å². The van der Waals surface area contributed by atoms with Gasteiger partial charge >= 0.3 is 0 Å². The summed E-state index contributed by atoms with van der Waals surface area (Å²) in [7, 11) is -2.23. The molecule has 0 amide bonds. The van der Waals surface area contributed by atoms with Crippen LogP contribution in [-0.4, -0.2) is 44.4 Å². The van der Waals surface area contributed by atoms with Gasteiger partial charge in [0.25, 0.3) is 0 Å². The molecule has 0 heterocycles. The van der Waals surface area contributed by atoms with E-state index in [4.69, 9.17) is 5.11 Å². The fourth-order valence-electron chi connectivity index (χ4n) is 1.30. The van der Waals surface area contributed by atoms with E-state index in [0.29, 0.717) is 5.69 Å². The Balaban J connectivity index is 2.98. The first kappa shape index (κ1) is 14.9. The molecule has 0 bridgehead atoms. The van der Waals surface area contributed by atoms with Gasteiger partial charge in [-0.1, -0.05) is 12.1 Å². The summed E-state index contributed by atoms with van der Waals surface area (Å²) in [6.07, 6.45) is 0. The number of sulfonamides is 1. The number of para-hydroxylation sites is 1. The summed E-state index contributed by atoms with van der Waals surface area (Å²) < 4.78 is 25.7. The molecular weight excluding hydrogens is 256 g/mol. The van der Waals surface area contributed by atoms with E-state index in [-0.39, 0.29) is 11.4 Å². The molecule has 7 heteroatoms. The molecule has 0 aromatic heterocycles. The van der Waals surface area contributed by atoms with Crippen LogP contribution in [0.3, 0.4) is 0 Å². The Morgan fingerprint density at radius 2 is 1.94 bits per heavy atom. The zero-order chi connectivity index (χ0) is 13.8. The van der Waals surface area contributed by atoms with Crippen molar-refractivity contribution >= 4 is 15.7 Å². The molecule has 0 aliphatic rings. The maximum absolute atomic E-state index is 11.8. The number of hydrogen-bond donors (Lipinski definition) is 4. The van der Waals surface area contributed by atoms with Crippen LogP contribution >= 0.6 is 0 Å². The van der Waals surface area contributed by atoms with E-state index in [9.17, 15) is 13.5 Å². The van der Waals surface area contributed by atoms with Gasteiger partial charge in [0.15, 0.2) is 0 Å². The molecule has 0 radical (unpaired) electrons. The third-order valence-electron chi connectivity index (χ3n) is 2.45. The lowest BCUT2D eigenvalue weighted by Crippen LogP contribution is -2.37. The molecule has 102 valence electrons. The Hall–Kier alpha value is -1.15. The SMILES string of the molecule is CNS(=O)(=O)c1ccccc1NCC(C)(O)CO. The number of hydrogen-bond acceptors (Lipinski definition) is 5. The molecule has 1 aromatic carbocycles. The van der Waals surface area contributed by atoms with Crippen LogP contribution in [0.2, 0.25) is 0 Å². The molecule has 1 atom stereocenters. The first-order valence-corrected chi connectivity index (χ1v) is 6.90. The number of aliphatic hydroxyl groups excluding tert-OH is 1. The van der Waals surface area contributed by atoms with E-state index in [2.05, 4.69) is 10.0 Å². The number of rotatable bonds is 6. The van der Waals surface area contributed by atoms with Gasteiger partial charge < -0.3 is 15.5 Å². The average Bonchev–Trinajstić information content (AvgIpc) is 2.37. The lowest BCUT2D eigenvalue weighted by molar-refractivity contribution is 0.0132. The Bertz CT molecular complexity index is 500. The summed E-state index contributed by atoms with van der Waals surface area (Å²) in [4.78, 5) is 0.0984. The van der Waals surface area contributed by atoms with Crippen molar-refractivity contribution in [3.05, 3.63) is 24.3 Å². The van der Waals surface area contributed by atoms with E-state index in [0.717, 1.165) is 0 Å². The summed E-state index contributed by atoms with van der Waals surface area (Å²) in [5, 5.41) is 21.4. The predicted molar refractivity (Wildman–Crippen MR) is 68.9 cm³/mol. The second-order valence-corrected chi connectivity index (χ2v) is 6.07. The van der Waals surface area contributed by atoms with Crippen LogP contribution < -0.4 is 10.0 Å². The Labute approximate surface area is 107 Å². The lowest BCUT2D eigenvalue weighted by Gasteiger charge is -2.22. The highest BCUT2D eigenvalue weighted by atomic mass is 32.2. The predicted octanol–water partition coefficient (Wildman–Crippen LogP) is -0.250. The van der Waals surface area contributed by atoms with E-state index in [1.165, 1.54) is 20.0 Å². The van der Waals surface area contributed by atoms with Gasteiger partial charge in [-0.2, -0.15) is 0 Å². The minimum absolute atomic E-state index is 0.0414. The largest absolute Gasteiger partial charge is 0.393 e. The van der Waals surface area contributed by atoms with Gasteiger partial charge in [-0.3, -0.25) is 0 Å². The van der Waals surface area contributed by atoms with Crippen LogP contribution in [0.4, 0.5) is 5.69 Å². The van der Waals surface area contributed by atoms with Crippen molar-refractivity contribution in [2.75, 3.05) is 25.5 Å². The molecule has 1 aromatic rings. The summed E-state index contributed by atoms with van der Waals surface area (Å²) >= 11 is 0. The van der Waals surface area contributed by atoms with Crippen LogP contribution in [0.15, 0.2) is 29.2 Å². The summed E-state index contributed by atoms with van der Waals surface area (Å²) in [6.45, 7) is 1.08. The van der Waals surface area contributed by atoms with Crippen LogP contribution in [-0.2, 0) is 10.0 Å². The molecule has 18 heavy (non-hydrogen) atoms. The van der Waals surface area contributed by atoms with Crippen LogP contribution in [0.25, 0.3) is 0 Å². The van der Waals surface area contributed by atoms with Crippen LogP contribution in [0.5, 0.6) is 0 Å². The molecule has 1 unspecified atom stereocenters. The van der Waals surface area contributed by atoms with Crippen molar-refractivity contribution in [3.63, 3.8) is 0 Å². The van der Waals surface area contributed by atoms with E-state index >= 15 is 0 Å². The second kappa shape index (κ2) is 5.66. The summed E-state index contributed by atoms with van der Waals surface area (Å²) in [5.41, 5.74) is -0.933. The number of benzene rings is 1. The van der Waals surface area contributed by atoms with Crippen molar-refractivity contribution in [2.24, 2.45) is 0 Å². The fraction of sp³-hybridized carbons (Fsp3) is 0.455. The van der Waals surface area contributed by atoms with Crippen molar-refractivity contribution in [1.29, 1.82) is 0 Å². The minimum Gasteiger partial charge on any atom is -0.393 e. The zero-order valence-electron chi connectivity index (χ0n) is 10.3. The molecular formula is C11H18N2O4S. The highest BCUT2D eigenvalue weighted by molar-refractivity contribution is 7.89. The average molecular weight is 274 g/mol. The summed E-state index contributed by atoms with van der Waals surface area (Å²) in [5.74, 6) is 0. The van der Waals surface area contributed by atoms with Crippen LogP contribution in [0.1, 0.15) is 6.92 Å². The number of anilines is 1. The van der Waals surface area contributed by atoms with Gasteiger partial charge in [-0.15, -0.1) is 0 Å². The van der Waals surface area contributed by atoms with E-state index in [1.807, 2.05) is 0 Å². The number of aliphatic hydroxyl groups is 2. The van der Waals surface area contributed by atoms with E-state index < -0.39 is 22.2 Å². The highest BCUT2D eigenvalue weighted by Gasteiger charge is 2.21. The van der Waals surface area contributed by atoms with Gasteiger partial charge in [0.2, 0.25) is 10.0 Å². The Morgan fingerprint density at radius 3 is 2.50 bits per heavy atom. The van der Waals surface area contributed by atoms with Gasteiger partial charge in [0, 0.05) is 6.54 Å². The van der Waals surface area contributed by atoms with Crippen molar-refractivity contribution < 1.29 is 18.6 Å². The molecule has 0 spiro atoms. The second-order valence-electron chi connectivity index (χ2n) is 4.21. The lowest BCUT2D eigenvalue weighted by atomic mass is 10.1. The molecule has 0 fully saturated rings. The molecule has 1 rings (SSSR count). The first-order valence-electron chi connectivity index (χ1n) is 5.42. The smallest absolute Gasteiger partial charge is 0.242 e. The third kappa shape index (κ3) is 3.67. The topological polar surface area (TPSA) is 98.7 Å². The zero-order valence-corrected chi connectivity index (χ0v) is 11.2. The maximum atomic E-state index is 11.8. The normalized spacial score (nSPS) is 15.1. The quantitative estimate of drug-likeness (QED) is 0.573. The van der Waals surface area contributed by atoms with Gasteiger partial charge in [0.05, 0.1) is 12.3 Å². The molecule has 0 saturated heterocycles. The fourth-order valence-corrected chi connectivity index (χ4v) is 2.21. The molecule has 0 saturated carbocycles. The highest BCUT2D eigenvalue weighted by Crippen LogP contribution is 2.20. The van der Waals surface area contributed by atoms with Crippen molar-refractivity contribution in [2.45, 2.75) is 17.4 Å². The molecule has 0 aliphatic heterocycles. The van der Waals surface area contributed by atoms with Crippen molar-refractivity contribution in [1.82, 2.24) is 4.72 Å². The Morgan fingerprint density at radius 1 is 1.33 bits per heavy atom. The standard InChI is InChI=1S/C11H18N2O4S/c1-11(15,8-14)7-13-9-5-3-4-6-10(9)18(16,17)12-2/h3-6,12-15H,7-8H2,1-2H3. The monoisotopic (exact) mass is 274 g/mol. The Kier molecular flexibility index (Phi) is 4.69. The summed E-state index contributed by atoms with van der Waals surface area (Å²) in [6, 6.07) is 6.35. The first-order chi connectivity index (χ1) is 8.32. The van der Waals surface area contributed by atoms with Gasteiger partial charge in [-0.05, 0) is 26.1 Å². The molecule has 6 nitrogen and oxygen atoms in total. The minimum atomic E-state index is -3.56. The van der Waals surface area contributed by atoms with Gasteiger partial charge in [0.1, 0.15) is 10.5 Å². The van der Waals surface area contributed by atoms with Gasteiger partial charge in [-0.25, -0.2) is 13.1 Å². The number of nitrogens with one attached hydrogen (secondary N) is 2. The molecule has 0 aliphatic carbocycles. The van der Waals surface area contributed by atoms with Crippen molar-refractivity contribution in [3.8, 4) is 0 Å². The van der Waals surface area contributed by atoms with E-state index in [1.54, 1.807) is 18.2 Å². The third-order valence-corrected chi connectivity index (χ3v) is 3.92.